The Balaban J connectivity index is 0.00000156. The third-order valence-corrected chi connectivity index (χ3v) is 4.78. The zero-order valence-corrected chi connectivity index (χ0v) is 16.5. The molecule has 1 aliphatic heterocycles. The van der Waals surface area contributed by atoms with Crippen molar-refractivity contribution in [2.45, 2.75) is 32.4 Å². The number of hydrogen-bond donors (Lipinski definition) is 1. The molecule has 1 fully saturated rings. The molecule has 1 saturated heterocycles. The van der Waals surface area contributed by atoms with Crippen molar-refractivity contribution in [3.8, 4) is 5.75 Å². The molecule has 2 N–H and O–H groups in total. The Morgan fingerprint density at radius 3 is 2.72 bits per heavy atom. The van der Waals surface area contributed by atoms with Crippen molar-refractivity contribution in [2.75, 3.05) is 13.1 Å². The van der Waals surface area contributed by atoms with E-state index < -0.39 is 0 Å². The van der Waals surface area contributed by atoms with Gasteiger partial charge in [0.2, 0.25) is 0 Å². The molecule has 1 amide bonds. The van der Waals surface area contributed by atoms with Gasteiger partial charge in [-0.15, -0.1) is 36.2 Å². The molecule has 138 valence electrons. The number of aromatic nitrogens is 1. The number of benzene rings is 1. The van der Waals surface area contributed by atoms with Gasteiger partial charge in [-0.25, -0.2) is 4.98 Å². The largest absolute Gasteiger partial charge is 0.487 e. The second-order valence-corrected chi connectivity index (χ2v) is 6.87. The second-order valence-electron chi connectivity index (χ2n) is 5.80. The molecule has 0 bridgehead atoms. The lowest BCUT2D eigenvalue weighted by Gasteiger charge is -2.30. The lowest BCUT2D eigenvalue weighted by atomic mass is 10.0. The molecule has 0 radical (unpaired) electrons. The van der Waals surface area contributed by atoms with Crippen LogP contribution in [0.4, 0.5) is 0 Å². The van der Waals surface area contributed by atoms with Crippen LogP contribution in [0.5, 0.6) is 5.75 Å². The number of piperidine rings is 1. The van der Waals surface area contributed by atoms with E-state index in [0.29, 0.717) is 17.9 Å². The zero-order chi connectivity index (χ0) is 16.2. The van der Waals surface area contributed by atoms with Gasteiger partial charge in [0.1, 0.15) is 12.4 Å². The molecule has 0 spiro atoms. The van der Waals surface area contributed by atoms with Gasteiger partial charge in [0, 0.05) is 30.1 Å². The van der Waals surface area contributed by atoms with E-state index in [1.807, 2.05) is 35.4 Å². The molecule has 2 aromatic rings. The first-order valence-corrected chi connectivity index (χ1v) is 8.68. The van der Waals surface area contributed by atoms with Crippen LogP contribution in [0.2, 0.25) is 0 Å². The van der Waals surface area contributed by atoms with Crippen molar-refractivity contribution in [2.24, 2.45) is 5.73 Å². The van der Waals surface area contributed by atoms with Crippen molar-refractivity contribution in [3.05, 3.63) is 45.9 Å². The minimum Gasteiger partial charge on any atom is -0.487 e. The Morgan fingerprint density at radius 1 is 1.36 bits per heavy atom. The number of amides is 1. The van der Waals surface area contributed by atoms with Crippen LogP contribution < -0.4 is 10.5 Å². The minimum absolute atomic E-state index is 0. The van der Waals surface area contributed by atoms with Crippen LogP contribution >= 0.6 is 36.2 Å². The number of carbonyl (C=O) groups excluding carboxylic acids is 1. The molecule has 1 aliphatic rings. The number of aryl methyl sites for hydroxylation is 1. The molecule has 2 heterocycles. The summed E-state index contributed by atoms with van der Waals surface area (Å²) in [6.45, 7) is 3.84. The van der Waals surface area contributed by atoms with Crippen LogP contribution in [-0.2, 0) is 6.61 Å². The number of likely N-dealkylation sites (tertiary alicyclic amines) is 1. The van der Waals surface area contributed by atoms with Gasteiger partial charge in [-0.1, -0.05) is 6.07 Å². The van der Waals surface area contributed by atoms with Gasteiger partial charge in [0.15, 0.2) is 0 Å². The molecule has 3 rings (SSSR count). The number of carbonyl (C=O) groups is 1. The first kappa shape index (κ1) is 21.7. The summed E-state index contributed by atoms with van der Waals surface area (Å²) in [6.07, 6.45) is 1.73. The second kappa shape index (κ2) is 9.97. The van der Waals surface area contributed by atoms with Gasteiger partial charge < -0.3 is 15.4 Å². The van der Waals surface area contributed by atoms with Crippen LogP contribution in [-0.4, -0.2) is 34.9 Å². The topological polar surface area (TPSA) is 68.5 Å². The molecule has 8 heteroatoms. The monoisotopic (exact) mass is 403 g/mol. The molecule has 1 aromatic carbocycles. The summed E-state index contributed by atoms with van der Waals surface area (Å²) in [5.74, 6) is 0.738. The summed E-state index contributed by atoms with van der Waals surface area (Å²) in [6, 6.07) is 7.56. The van der Waals surface area contributed by atoms with Gasteiger partial charge in [-0.05, 0) is 38.0 Å². The SMILES string of the molecule is Cc1nc(COc2cccc(C(=O)N3CCC(N)CC3)c2)cs1.Cl.Cl. The molecule has 0 aliphatic carbocycles. The molecule has 0 atom stereocenters. The van der Waals surface area contributed by atoms with Gasteiger partial charge in [0.25, 0.3) is 5.91 Å². The van der Waals surface area contributed by atoms with Gasteiger partial charge in [-0.3, -0.25) is 4.79 Å². The number of nitrogens with zero attached hydrogens (tertiary/aromatic N) is 2. The molecule has 25 heavy (non-hydrogen) atoms. The smallest absolute Gasteiger partial charge is 0.253 e. The summed E-state index contributed by atoms with van der Waals surface area (Å²) in [5.41, 5.74) is 7.46. The Morgan fingerprint density at radius 2 is 2.08 bits per heavy atom. The summed E-state index contributed by atoms with van der Waals surface area (Å²) >= 11 is 1.60. The highest BCUT2D eigenvalue weighted by atomic mass is 35.5. The normalized spacial score (nSPS) is 14.4. The predicted molar refractivity (Wildman–Crippen MR) is 105 cm³/mol. The van der Waals surface area contributed by atoms with Crippen LogP contribution in [0.3, 0.4) is 0 Å². The Labute approximate surface area is 164 Å². The maximum absolute atomic E-state index is 12.6. The quantitative estimate of drug-likeness (QED) is 0.848. The van der Waals surface area contributed by atoms with E-state index in [9.17, 15) is 4.79 Å². The average Bonchev–Trinajstić information content (AvgIpc) is 2.99. The third-order valence-electron chi connectivity index (χ3n) is 3.96. The van der Waals surface area contributed by atoms with E-state index in [1.165, 1.54) is 0 Å². The van der Waals surface area contributed by atoms with Crippen molar-refractivity contribution in [1.82, 2.24) is 9.88 Å². The molecule has 0 saturated carbocycles. The fraction of sp³-hybridized carbons (Fsp3) is 0.412. The number of ether oxygens (including phenoxy) is 1. The summed E-state index contributed by atoms with van der Waals surface area (Å²) < 4.78 is 5.75. The summed E-state index contributed by atoms with van der Waals surface area (Å²) in [7, 11) is 0. The average molecular weight is 404 g/mol. The maximum Gasteiger partial charge on any atom is 0.253 e. The van der Waals surface area contributed by atoms with E-state index in [4.69, 9.17) is 10.5 Å². The Hall–Kier alpha value is -1.34. The van der Waals surface area contributed by atoms with Crippen LogP contribution in [0.1, 0.15) is 33.9 Å². The van der Waals surface area contributed by atoms with E-state index in [2.05, 4.69) is 4.98 Å². The molecular formula is C17H23Cl2N3O2S. The highest BCUT2D eigenvalue weighted by Gasteiger charge is 2.21. The fourth-order valence-electron chi connectivity index (χ4n) is 2.64. The number of rotatable bonds is 4. The van der Waals surface area contributed by atoms with Crippen LogP contribution in [0.15, 0.2) is 29.6 Å². The van der Waals surface area contributed by atoms with Crippen molar-refractivity contribution in [1.29, 1.82) is 0 Å². The third kappa shape index (κ3) is 5.85. The highest BCUT2D eigenvalue weighted by Crippen LogP contribution is 2.19. The van der Waals surface area contributed by atoms with E-state index >= 15 is 0 Å². The highest BCUT2D eigenvalue weighted by molar-refractivity contribution is 7.09. The van der Waals surface area contributed by atoms with E-state index in [1.54, 1.807) is 17.4 Å². The first-order valence-electron chi connectivity index (χ1n) is 7.80. The lowest BCUT2D eigenvalue weighted by Crippen LogP contribution is -2.42. The fourth-order valence-corrected chi connectivity index (χ4v) is 3.23. The number of hydrogen-bond acceptors (Lipinski definition) is 5. The standard InChI is InChI=1S/C17H21N3O2S.2ClH/c1-12-19-15(11-23-12)10-22-16-4-2-3-13(9-16)17(21)20-7-5-14(18)6-8-20;;/h2-4,9,11,14H,5-8,10,18H2,1H3;2*1H. The maximum atomic E-state index is 12.6. The van der Waals surface area contributed by atoms with Crippen LogP contribution in [0.25, 0.3) is 0 Å². The summed E-state index contributed by atoms with van der Waals surface area (Å²) in [5, 5.41) is 3.01. The number of thiazole rings is 1. The van der Waals surface area contributed by atoms with Gasteiger partial charge in [-0.2, -0.15) is 0 Å². The lowest BCUT2D eigenvalue weighted by molar-refractivity contribution is 0.0714. The van der Waals surface area contributed by atoms with Crippen LogP contribution in [0, 0.1) is 6.92 Å². The van der Waals surface area contributed by atoms with Gasteiger partial charge in [0.05, 0.1) is 10.7 Å². The van der Waals surface area contributed by atoms with Crippen molar-refractivity contribution < 1.29 is 9.53 Å². The minimum atomic E-state index is 0. The van der Waals surface area contributed by atoms with Crippen molar-refractivity contribution >= 4 is 42.1 Å². The molecule has 5 nitrogen and oxygen atoms in total. The Kier molecular flexibility index (Phi) is 8.65. The van der Waals surface area contributed by atoms with Gasteiger partial charge >= 0.3 is 0 Å². The number of nitrogens with two attached hydrogens (primary N) is 1. The van der Waals surface area contributed by atoms with E-state index in [0.717, 1.165) is 36.6 Å². The molecular weight excluding hydrogens is 381 g/mol. The Bertz CT molecular complexity index is 688. The molecule has 1 aromatic heterocycles. The first-order chi connectivity index (χ1) is 11.1. The predicted octanol–water partition coefficient (Wildman–Crippen LogP) is 3.44. The zero-order valence-electron chi connectivity index (χ0n) is 14.0. The molecule has 0 unspecified atom stereocenters. The number of halogens is 2. The van der Waals surface area contributed by atoms with Crippen molar-refractivity contribution in [3.63, 3.8) is 0 Å². The summed E-state index contributed by atoms with van der Waals surface area (Å²) in [4.78, 5) is 18.8. The van der Waals surface area contributed by atoms with E-state index in [-0.39, 0.29) is 36.8 Å².